The maximum atomic E-state index is 12.6. The largest absolute Gasteiger partial charge is 0.369 e. The van der Waals surface area contributed by atoms with Crippen LogP contribution < -0.4 is 9.62 Å². The first-order valence-electron chi connectivity index (χ1n) is 9.10. The van der Waals surface area contributed by atoms with Crippen molar-refractivity contribution < 1.29 is 13.2 Å². The third-order valence-corrected chi connectivity index (χ3v) is 6.23. The summed E-state index contributed by atoms with van der Waals surface area (Å²) in [5, 5.41) is 0. The molecular formula is C20H25N3O3S. The fourth-order valence-corrected chi connectivity index (χ4v) is 4.26. The van der Waals surface area contributed by atoms with Crippen LogP contribution in [0.1, 0.15) is 24.2 Å². The molecular weight excluding hydrogens is 362 g/mol. The number of rotatable bonds is 6. The fourth-order valence-electron chi connectivity index (χ4n) is 3.16. The second-order valence-corrected chi connectivity index (χ2v) is 8.34. The van der Waals surface area contributed by atoms with E-state index in [0.29, 0.717) is 11.3 Å². The van der Waals surface area contributed by atoms with Crippen molar-refractivity contribution in [1.82, 2.24) is 4.90 Å². The Hall–Kier alpha value is -2.38. The standard InChI is InChI=1S/C20H25N3O3S/c1-3-22-11-13-23(14-12-22)19-9-7-18(8-10-19)21-27(25,26)20-6-4-5-17(15-20)16(2)24/h4-10,15,21H,3,11-14H2,1-2H3. The monoisotopic (exact) mass is 387 g/mol. The SMILES string of the molecule is CCN1CCN(c2ccc(NS(=O)(=O)c3cccc(C(C)=O)c3)cc2)CC1. The van der Waals surface area contributed by atoms with Crippen LogP contribution in [0, 0.1) is 0 Å². The van der Waals surface area contributed by atoms with Gasteiger partial charge in [-0.2, -0.15) is 0 Å². The number of nitrogens with one attached hydrogen (secondary N) is 1. The molecule has 2 aromatic carbocycles. The lowest BCUT2D eigenvalue weighted by molar-refractivity contribution is 0.101. The molecule has 0 aliphatic carbocycles. The van der Waals surface area contributed by atoms with E-state index in [1.807, 2.05) is 12.1 Å². The van der Waals surface area contributed by atoms with Crippen molar-refractivity contribution in [3.8, 4) is 0 Å². The van der Waals surface area contributed by atoms with Crippen LogP contribution in [0.15, 0.2) is 53.4 Å². The van der Waals surface area contributed by atoms with Gasteiger partial charge >= 0.3 is 0 Å². The molecule has 27 heavy (non-hydrogen) atoms. The third-order valence-electron chi connectivity index (χ3n) is 4.86. The molecule has 1 fully saturated rings. The molecule has 7 heteroatoms. The Morgan fingerprint density at radius 2 is 1.70 bits per heavy atom. The van der Waals surface area contributed by atoms with Crippen molar-refractivity contribution in [1.29, 1.82) is 0 Å². The Balaban J connectivity index is 1.70. The molecule has 1 heterocycles. The molecule has 0 atom stereocenters. The van der Waals surface area contributed by atoms with Gasteiger partial charge in [0.2, 0.25) is 0 Å². The number of ketones is 1. The van der Waals surface area contributed by atoms with Crippen molar-refractivity contribution in [3.63, 3.8) is 0 Å². The van der Waals surface area contributed by atoms with Gasteiger partial charge in [-0.25, -0.2) is 8.42 Å². The van der Waals surface area contributed by atoms with E-state index in [4.69, 9.17) is 0 Å². The van der Waals surface area contributed by atoms with E-state index in [1.165, 1.54) is 19.1 Å². The molecule has 144 valence electrons. The number of likely N-dealkylation sites (N-methyl/N-ethyl adjacent to an activating group) is 1. The van der Waals surface area contributed by atoms with Gasteiger partial charge in [-0.05, 0) is 49.9 Å². The van der Waals surface area contributed by atoms with Gasteiger partial charge in [-0.15, -0.1) is 0 Å². The van der Waals surface area contributed by atoms with E-state index in [-0.39, 0.29) is 10.7 Å². The molecule has 0 amide bonds. The van der Waals surface area contributed by atoms with Crippen molar-refractivity contribution in [3.05, 3.63) is 54.1 Å². The zero-order valence-corrected chi connectivity index (χ0v) is 16.5. The lowest BCUT2D eigenvalue weighted by atomic mass is 10.2. The number of piperazine rings is 1. The second-order valence-electron chi connectivity index (χ2n) is 6.66. The first kappa shape index (κ1) is 19.4. The van der Waals surface area contributed by atoms with Gasteiger partial charge in [0.15, 0.2) is 5.78 Å². The summed E-state index contributed by atoms with van der Waals surface area (Å²) in [6, 6.07) is 13.5. The van der Waals surface area contributed by atoms with E-state index in [2.05, 4.69) is 21.4 Å². The molecule has 1 N–H and O–H groups in total. The molecule has 0 spiro atoms. The van der Waals surface area contributed by atoms with Crippen molar-refractivity contribution in [2.75, 3.05) is 42.3 Å². The number of benzene rings is 2. The number of carbonyl (C=O) groups is 1. The topological polar surface area (TPSA) is 69.7 Å². The Morgan fingerprint density at radius 3 is 2.30 bits per heavy atom. The predicted molar refractivity (Wildman–Crippen MR) is 108 cm³/mol. The summed E-state index contributed by atoms with van der Waals surface area (Å²) in [6.07, 6.45) is 0. The summed E-state index contributed by atoms with van der Waals surface area (Å²) in [4.78, 5) is 16.3. The van der Waals surface area contributed by atoms with E-state index >= 15 is 0 Å². The maximum absolute atomic E-state index is 12.6. The molecule has 1 saturated heterocycles. The average molecular weight is 388 g/mol. The van der Waals surface area contributed by atoms with Gasteiger partial charge in [0, 0.05) is 43.1 Å². The summed E-state index contributed by atoms with van der Waals surface area (Å²) >= 11 is 0. The molecule has 0 aromatic heterocycles. The molecule has 3 rings (SSSR count). The highest BCUT2D eigenvalue weighted by Crippen LogP contribution is 2.22. The highest BCUT2D eigenvalue weighted by molar-refractivity contribution is 7.92. The zero-order chi connectivity index (χ0) is 19.4. The van der Waals surface area contributed by atoms with E-state index < -0.39 is 10.0 Å². The van der Waals surface area contributed by atoms with Gasteiger partial charge in [-0.1, -0.05) is 19.1 Å². The van der Waals surface area contributed by atoms with Crippen LogP contribution in [0.5, 0.6) is 0 Å². The molecule has 1 aliphatic heterocycles. The Bertz CT molecular complexity index is 902. The molecule has 6 nitrogen and oxygen atoms in total. The van der Waals surface area contributed by atoms with Crippen molar-refractivity contribution in [2.24, 2.45) is 0 Å². The smallest absolute Gasteiger partial charge is 0.261 e. The van der Waals surface area contributed by atoms with Crippen molar-refractivity contribution in [2.45, 2.75) is 18.7 Å². The van der Waals surface area contributed by atoms with E-state index in [9.17, 15) is 13.2 Å². The lowest BCUT2D eigenvalue weighted by Gasteiger charge is -2.35. The Kier molecular flexibility index (Phi) is 5.82. The normalized spacial score (nSPS) is 15.6. The summed E-state index contributed by atoms with van der Waals surface area (Å²) in [7, 11) is -3.74. The molecule has 0 bridgehead atoms. The quantitative estimate of drug-likeness (QED) is 0.772. The minimum atomic E-state index is -3.74. The van der Waals surface area contributed by atoms with Gasteiger partial charge in [0.25, 0.3) is 10.0 Å². The summed E-state index contributed by atoms with van der Waals surface area (Å²) in [6.45, 7) is 8.67. The summed E-state index contributed by atoms with van der Waals surface area (Å²) in [5.74, 6) is -0.167. The van der Waals surface area contributed by atoms with E-state index in [0.717, 1.165) is 38.4 Å². The summed E-state index contributed by atoms with van der Waals surface area (Å²) in [5.41, 5.74) is 1.96. The van der Waals surface area contributed by atoms with E-state index in [1.54, 1.807) is 24.3 Å². The van der Waals surface area contributed by atoms with Crippen LogP contribution in [-0.4, -0.2) is 51.8 Å². The molecule has 2 aromatic rings. The zero-order valence-electron chi connectivity index (χ0n) is 15.7. The summed E-state index contributed by atoms with van der Waals surface area (Å²) < 4.78 is 27.8. The fraction of sp³-hybridized carbons (Fsp3) is 0.350. The number of anilines is 2. The van der Waals surface area contributed by atoms with Crippen molar-refractivity contribution >= 4 is 27.2 Å². The number of hydrogen-bond donors (Lipinski definition) is 1. The van der Waals surface area contributed by atoms with Crippen LogP contribution >= 0.6 is 0 Å². The number of hydrogen-bond acceptors (Lipinski definition) is 5. The Labute approximate surface area is 160 Å². The number of Topliss-reactive ketones (excluding diaryl/α,β-unsaturated/α-hetero) is 1. The minimum absolute atomic E-state index is 0.0787. The maximum Gasteiger partial charge on any atom is 0.261 e. The number of sulfonamides is 1. The molecule has 0 unspecified atom stereocenters. The number of nitrogens with zero attached hydrogens (tertiary/aromatic N) is 2. The van der Waals surface area contributed by atoms with Gasteiger partial charge in [0.05, 0.1) is 4.90 Å². The minimum Gasteiger partial charge on any atom is -0.369 e. The average Bonchev–Trinajstić information content (AvgIpc) is 2.68. The first-order chi connectivity index (χ1) is 12.9. The van der Waals surface area contributed by atoms with Crippen LogP contribution in [0.25, 0.3) is 0 Å². The van der Waals surface area contributed by atoms with Gasteiger partial charge in [-0.3, -0.25) is 9.52 Å². The van der Waals surface area contributed by atoms with Crippen LogP contribution in [0.2, 0.25) is 0 Å². The van der Waals surface area contributed by atoms with Crippen LogP contribution in [0.4, 0.5) is 11.4 Å². The van der Waals surface area contributed by atoms with Crippen LogP contribution in [-0.2, 0) is 10.0 Å². The predicted octanol–water partition coefficient (Wildman–Crippen LogP) is 2.83. The van der Waals surface area contributed by atoms with Gasteiger partial charge in [0.1, 0.15) is 0 Å². The van der Waals surface area contributed by atoms with Crippen LogP contribution in [0.3, 0.4) is 0 Å². The number of carbonyl (C=O) groups excluding carboxylic acids is 1. The molecule has 0 saturated carbocycles. The second kappa shape index (κ2) is 8.10. The molecule has 1 aliphatic rings. The highest BCUT2D eigenvalue weighted by atomic mass is 32.2. The highest BCUT2D eigenvalue weighted by Gasteiger charge is 2.18. The third kappa shape index (κ3) is 4.67. The Morgan fingerprint density at radius 1 is 1.04 bits per heavy atom. The first-order valence-corrected chi connectivity index (χ1v) is 10.6. The molecule has 0 radical (unpaired) electrons. The lowest BCUT2D eigenvalue weighted by Crippen LogP contribution is -2.46. The van der Waals surface area contributed by atoms with Gasteiger partial charge < -0.3 is 9.80 Å².